The Bertz CT molecular complexity index is 766. The van der Waals surface area contributed by atoms with Crippen LogP contribution in [0.5, 0.6) is 0 Å². The van der Waals surface area contributed by atoms with E-state index in [1.54, 1.807) is 7.05 Å². The molecule has 0 saturated heterocycles. The van der Waals surface area contributed by atoms with E-state index in [4.69, 9.17) is 9.72 Å². The van der Waals surface area contributed by atoms with Gasteiger partial charge in [-0.1, -0.05) is 13.8 Å². The predicted octanol–water partition coefficient (Wildman–Crippen LogP) is 2.46. The van der Waals surface area contributed by atoms with Crippen LogP contribution < -0.4 is 5.32 Å². The highest BCUT2D eigenvalue weighted by Gasteiger charge is 2.31. The number of rotatable bonds is 7. The summed E-state index contributed by atoms with van der Waals surface area (Å²) in [6.07, 6.45) is 4.91. The molecule has 2 aliphatic heterocycles. The molecule has 0 aliphatic carbocycles. The van der Waals surface area contributed by atoms with Gasteiger partial charge in [0.15, 0.2) is 17.4 Å². The number of hydrogen-bond donors (Lipinski definition) is 1. The highest BCUT2D eigenvalue weighted by Crippen LogP contribution is 2.28. The zero-order valence-electron chi connectivity index (χ0n) is 17.5. The first kappa shape index (κ1) is 20.6. The predicted molar refractivity (Wildman–Crippen MR) is 108 cm³/mol. The first-order valence-corrected chi connectivity index (χ1v) is 10.3. The van der Waals surface area contributed by atoms with Crippen molar-refractivity contribution in [2.75, 3.05) is 27.2 Å². The lowest BCUT2D eigenvalue weighted by Crippen LogP contribution is -2.33. The number of likely N-dealkylation sites (N-methyl/N-ethyl adjacent to an activating group) is 1. The zero-order chi connectivity index (χ0) is 20.3. The van der Waals surface area contributed by atoms with Crippen molar-refractivity contribution in [3.8, 4) is 0 Å². The van der Waals surface area contributed by atoms with Gasteiger partial charge in [-0.2, -0.15) is 0 Å². The molecule has 0 spiro atoms. The zero-order valence-corrected chi connectivity index (χ0v) is 17.5. The largest absolute Gasteiger partial charge is 0.490 e. The highest BCUT2D eigenvalue weighted by molar-refractivity contribution is 5.98. The lowest BCUT2D eigenvalue weighted by Gasteiger charge is -2.26. The van der Waals surface area contributed by atoms with Crippen LogP contribution in [0, 0.1) is 11.8 Å². The summed E-state index contributed by atoms with van der Waals surface area (Å²) in [6, 6.07) is 0. The minimum Gasteiger partial charge on any atom is -0.490 e. The van der Waals surface area contributed by atoms with Gasteiger partial charge in [0.1, 0.15) is 5.69 Å². The topological polar surface area (TPSA) is 76.5 Å². The van der Waals surface area contributed by atoms with E-state index in [0.717, 1.165) is 43.2 Å². The number of carbonyl (C=O) groups is 2. The molecule has 7 heteroatoms. The molecule has 1 aromatic heterocycles. The molecule has 1 N–H and O–H groups in total. The van der Waals surface area contributed by atoms with Crippen molar-refractivity contribution in [3.05, 3.63) is 23.3 Å². The fourth-order valence-corrected chi connectivity index (χ4v) is 3.99. The van der Waals surface area contributed by atoms with Crippen molar-refractivity contribution in [3.63, 3.8) is 0 Å². The molecule has 1 atom stereocenters. The maximum Gasteiger partial charge on any atom is 0.223 e. The second kappa shape index (κ2) is 8.90. The number of ether oxygens (including phenoxy) is 1. The van der Waals surface area contributed by atoms with Crippen LogP contribution in [0.25, 0.3) is 5.76 Å². The first-order valence-electron chi connectivity index (χ1n) is 10.3. The van der Waals surface area contributed by atoms with Gasteiger partial charge in [0.2, 0.25) is 5.91 Å². The maximum atomic E-state index is 13.2. The lowest BCUT2D eigenvalue weighted by atomic mass is 9.90. The van der Waals surface area contributed by atoms with Gasteiger partial charge in [-0.3, -0.25) is 14.5 Å². The Balaban J connectivity index is 1.91. The third-order valence-electron chi connectivity index (χ3n) is 5.42. The number of ketones is 1. The minimum atomic E-state index is -0.329. The Morgan fingerprint density at radius 2 is 2.11 bits per heavy atom. The molecule has 0 fully saturated rings. The number of nitrogens with one attached hydrogen (secondary N) is 1. The van der Waals surface area contributed by atoms with E-state index < -0.39 is 0 Å². The van der Waals surface area contributed by atoms with Gasteiger partial charge in [0, 0.05) is 39.0 Å². The number of carbonyl (C=O) groups excluding carboxylic acids is 2. The average molecular weight is 389 g/mol. The van der Waals surface area contributed by atoms with Crippen molar-refractivity contribution < 1.29 is 14.3 Å². The second-order valence-corrected chi connectivity index (χ2v) is 8.25. The molecule has 3 rings (SSSR count). The normalized spacial score (nSPS) is 18.2. The van der Waals surface area contributed by atoms with Crippen molar-refractivity contribution >= 4 is 17.4 Å². The highest BCUT2D eigenvalue weighted by atomic mass is 16.5. The molecular formula is C21H32N4O3. The molecule has 2 aliphatic rings. The van der Waals surface area contributed by atoms with Crippen LogP contribution >= 0.6 is 0 Å². The van der Waals surface area contributed by atoms with Crippen molar-refractivity contribution in [1.82, 2.24) is 19.8 Å². The Labute approximate surface area is 167 Å². The smallest absolute Gasteiger partial charge is 0.223 e. The Hall–Kier alpha value is -2.15. The van der Waals surface area contributed by atoms with Crippen molar-refractivity contribution in [1.29, 1.82) is 0 Å². The number of Topliss-reactive ketones (excluding diaryl/α,β-unsaturated/α-hetero) is 1. The molecule has 1 amide bonds. The van der Waals surface area contributed by atoms with Crippen LogP contribution in [0.2, 0.25) is 0 Å². The number of aromatic nitrogens is 2. The SMILES string of the molecule is CNC(=O)[C@@H](CC(=O)c1nc(C2=CCCCO2)n2c1CN(C)CC2)CC(C)C. The van der Waals surface area contributed by atoms with Crippen LogP contribution in [-0.2, 0) is 22.6 Å². The Morgan fingerprint density at radius 3 is 2.75 bits per heavy atom. The van der Waals surface area contributed by atoms with E-state index in [2.05, 4.69) is 34.7 Å². The monoisotopic (exact) mass is 388 g/mol. The third kappa shape index (κ3) is 4.46. The van der Waals surface area contributed by atoms with E-state index in [1.807, 2.05) is 7.05 Å². The van der Waals surface area contributed by atoms with E-state index in [-0.39, 0.29) is 24.0 Å². The molecule has 0 aromatic carbocycles. The van der Waals surface area contributed by atoms with Gasteiger partial charge in [-0.15, -0.1) is 0 Å². The van der Waals surface area contributed by atoms with E-state index in [1.165, 1.54) is 0 Å². The summed E-state index contributed by atoms with van der Waals surface area (Å²) >= 11 is 0. The van der Waals surface area contributed by atoms with Crippen LogP contribution in [0.3, 0.4) is 0 Å². The van der Waals surface area contributed by atoms with E-state index in [0.29, 0.717) is 31.2 Å². The van der Waals surface area contributed by atoms with Gasteiger partial charge in [-0.25, -0.2) is 4.98 Å². The molecule has 0 unspecified atom stereocenters. The summed E-state index contributed by atoms with van der Waals surface area (Å²) in [5.41, 5.74) is 1.43. The number of amides is 1. The van der Waals surface area contributed by atoms with Crippen LogP contribution in [0.4, 0.5) is 0 Å². The fraction of sp³-hybridized carbons (Fsp3) is 0.667. The average Bonchev–Trinajstić information content (AvgIpc) is 3.05. The van der Waals surface area contributed by atoms with Gasteiger partial charge < -0.3 is 14.6 Å². The first-order chi connectivity index (χ1) is 13.4. The Kier molecular flexibility index (Phi) is 6.54. The van der Waals surface area contributed by atoms with Crippen LogP contribution in [0.15, 0.2) is 6.08 Å². The number of imidazole rings is 1. The molecule has 0 saturated carbocycles. The summed E-state index contributed by atoms with van der Waals surface area (Å²) in [7, 11) is 3.67. The number of nitrogens with zero attached hydrogens (tertiary/aromatic N) is 3. The van der Waals surface area contributed by atoms with Crippen molar-refractivity contribution in [2.45, 2.75) is 52.6 Å². The quantitative estimate of drug-likeness (QED) is 0.726. The molecule has 1 aromatic rings. The van der Waals surface area contributed by atoms with E-state index >= 15 is 0 Å². The summed E-state index contributed by atoms with van der Waals surface area (Å²) < 4.78 is 7.95. The summed E-state index contributed by atoms with van der Waals surface area (Å²) in [5, 5.41) is 2.70. The van der Waals surface area contributed by atoms with Gasteiger partial charge in [0.05, 0.1) is 12.3 Å². The third-order valence-corrected chi connectivity index (χ3v) is 5.42. The maximum absolute atomic E-state index is 13.2. The summed E-state index contributed by atoms with van der Waals surface area (Å²) in [4.78, 5) is 32.4. The minimum absolute atomic E-state index is 0.0593. The van der Waals surface area contributed by atoms with E-state index in [9.17, 15) is 9.59 Å². The molecule has 7 nitrogen and oxygen atoms in total. The van der Waals surface area contributed by atoms with Gasteiger partial charge in [-0.05, 0) is 38.3 Å². The molecule has 3 heterocycles. The van der Waals surface area contributed by atoms with Crippen LogP contribution in [0.1, 0.15) is 61.5 Å². The van der Waals surface area contributed by atoms with Crippen LogP contribution in [-0.4, -0.2) is 53.4 Å². The fourth-order valence-electron chi connectivity index (χ4n) is 3.99. The molecule has 154 valence electrons. The number of hydrogen-bond acceptors (Lipinski definition) is 5. The summed E-state index contributed by atoms with van der Waals surface area (Å²) in [5.74, 6) is 1.41. The standard InChI is InChI=1S/C21H32N4O3/c1-14(2)11-15(21(27)22-3)12-17(26)19-16-13-24(4)8-9-25(16)20(23-19)18-7-5-6-10-28-18/h7,14-15H,5-6,8-13H2,1-4H3,(H,22,27)/t15-/m1/s1. The lowest BCUT2D eigenvalue weighted by molar-refractivity contribution is -0.124. The Morgan fingerprint density at radius 1 is 1.32 bits per heavy atom. The molecule has 0 bridgehead atoms. The number of allylic oxidation sites excluding steroid dienone is 1. The molecular weight excluding hydrogens is 356 g/mol. The van der Waals surface area contributed by atoms with Crippen molar-refractivity contribution in [2.24, 2.45) is 11.8 Å². The molecule has 0 radical (unpaired) electrons. The summed E-state index contributed by atoms with van der Waals surface area (Å²) in [6.45, 7) is 7.19. The van der Waals surface area contributed by atoms with Gasteiger partial charge >= 0.3 is 0 Å². The van der Waals surface area contributed by atoms with Gasteiger partial charge in [0.25, 0.3) is 0 Å². The number of fused-ring (bicyclic) bond motifs is 1. The molecule has 28 heavy (non-hydrogen) atoms. The second-order valence-electron chi connectivity index (χ2n) is 8.25.